The van der Waals surface area contributed by atoms with E-state index < -0.39 is 0 Å². The SMILES string of the molecule is CCc1sc2nc(CC)n(CCOC)c(=O)c2c1-c1cccc(OC)c1. The van der Waals surface area contributed by atoms with Crippen molar-refractivity contribution in [2.75, 3.05) is 20.8 Å². The highest BCUT2D eigenvalue weighted by atomic mass is 32.1. The first kappa shape index (κ1) is 18.6. The van der Waals surface area contributed by atoms with Crippen molar-refractivity contribution in [3.8, 4) is 16.9 Å². The Labute approximate surface area is 157 Å². The fourth-order valence-electron chi connectivity index (χ4n) is 3.19. The Morgan fingerprint density at radius 1 is 1.19 bits per heavy atom. The molecule has 0 aliphatic rings. The monoisotopic (exact) mass is 372 g/mol. The zero-order valence-corrected chi connectivity index (χ0v) is 16.5. The second kappa shape index (κ2) is 8.01. The highest BCUT2D eigenvalue weighted by molar-refractivity contribution is 7.19. The number of ether oxygens (including phenoxy) is 2. The topological polar surface area (TPSA) is 53.4 Å². The number of aromatic nitrogens is 2. The van der Waals surface area contributed by atoms with E-state index in [1.165, 1.54) is 4.88 Å². The summed E-state index contributed by atoms with van der Waals surface area (Å²) < 4.78 is 12.3. The van der Waals surface area contributed by atoms with Gasteiger partial charge in [-0.15, -0.1) is 11.3 Å². The van der Waals surface area contributed by atoms with Crippen LogP contribution in [-0.2, 0) is 24.1 Å². The van der Waals surface area contributed by atoms with Crippen molar-refractivity contribution in [2.24, 2.45) is 0 Å². The molecule has 26 heavy (non-hydrogen) atoms. The van der Waals surface area contributed by atoms with Crippen molar-refractivity contribution >= 4 is 21.6 Å². The minimum atomic E-state index is 0.0117. The van der Waals surface area contributed by atoms with E-state index in [0.717, 1.165) is 34.0 Å². The molecule has 2 heterocycles. The third-order valence-electron chi connectivity index (χ3n) is 4.48. The second-order valence-corrected chi connectivity index (χ2v) is 7.08. The van der Waals surface area contributed by atoms with E-state index in [4.69, 9.17) is 14.5 Å². The smallest absolute Gasteiger partial charge is 0.262 e. The number of methoxy groups -OCH3 is 2. The Morgan fingerprint density at radius 3 is 2.65 bits per heavy atom. The van der Waals surface area contributed by atoms with Gasteiger partial charge in [-0.25, -0.2) is 4.98 Å². The lowest BCUT2D eigenvalue weighted by molar-refractivity contribution is 0.185. The maximum absolute atomic E-state index is 13.3. The molecule has 138 valence electrons. The van der Waals surface area contributed by atoms with Crippen molar-refractivity contribution in [1.82, 2.24) is 9.55 Å². The van der Waals surface area contributed by atoms with E-state index in [-0.39, 0.29) is 5.56 Å². The van der Waals surface area contributed by atoms with Crippen LogP contribution in [0.3, 0.4) is 0 Å². The number of fused-ring (bicyclic) bond motifs is 1. The van der Waals surface area contributed by atoms with Crippen LogP contribution in [0, 0.1) is 0 Å². The van der Waals surface area contributed by atoms with Crippen LogP contribution < -0.4 is 10.3 Å². The molecule has 5 nitrogen and oxygen atoms in total. The fraction of sp³-hybridized carbons (Fsp3) is 0.400. The molecule has 0 atom stereocenters. The third-order valence-corrected chi connectivity index (χ3v) is 5.71. The molecule has 0 spiro atoms. The summed E-state index contributed by atoms with van der Waals surface area (Å²) in [4.78, 5) is 20.1. The lowest BCUT2D eigenvalue weighted by atomic mass is 10.0. The average molecular weight is 372 g/mol. The summed E-state index contributed by atoms with van der Waals surface area (Å²) in [5.74, 6) is 1.59. The first-order chi connectivity index (χ1) is 12.6. The Bertz CT molecular complexity index is 975. The highest BCUT2D eigenvalue weighted by Crippen LogP contribution is 2.37. The summed E-state index contributed by atoms with van der Waals surface area (Å²) >= 11 is 1.61. The van der Waals surface area contributed by atoms with Crippen molar-refractivity contribution in [1.29, 1.82) is 0 Å². The van der Waals surface area contributed by atoms with Gasteiger partial charge in [0.2, 0.25) is 0 Å². The van der Waals surface area contributed by atoms with Gasteiger partial charge in [-0.2, -0.15) is 0 Å². The maximum atomic E-state index is 13.3. The fourth-order valence-corrected chi connectivity index (χ4v) is 4.33. The summed E-state index contributed by atoms with van der Waals surface area (Å²) in [6, 6.07) is 7.87. The number of nitrogens with zero attached hydrogens (tertiary/aromatic N) is 2. The molecule has 0 radical (unpaired) electrons. The molecule has 0 fully saturated rings. The molecule has 0 saturated heterocycles. The molecule has 0 amide bonds. The quantitative estimate of drug-likeness (QED) is 0.631. The molecule has 2 aromatic heterocycles. The van der Waals surface area contributed by atoms with E-state index in [1.807, 2.05) is 31.2 Å². The predicted octanol–water partition coefficient (Wildman–Crippen LogP) is 3.90. The van der Waals surface area contributed by atoms with Gasteiger partial charge in [-0.1, -0.05) is 26.0 Å². The number of benzene rings is 1. The number of rotatable bonds is 7. The number of hydrogen-bond acceptors (Lipinski definition) is 5. The first-order valence-electron chi connectivity index (χ1n) is 8.83. The molecule has 0 saturated carbocycles. The van der Waals surface area contributed by atoms with Crippen LogP contribution in [0.25, 0.3) is 21.3 Å². The third kappa shape index (κ3) is 3.27. The van der Waals surface area contributed by atoms with Gasteiger partial charge in [0.1, 0.15) is 16.4 Å². The maximum Gasteiger partial charge on any atom is 0.262 e. The Kier molecular flexibility index (Phi) is 5.74. The van der Waals surface area contributed by atoms with Crippen molar-refractivity contribution in [3.05, 3.63) is 45.3 Å². The molecule has 0 N–H and O–H groups in total. The summed E-state index contributed by atoms with van der Waals surface area (Å²) in [7, 11) is 3.29. The van der Waals surface area contributed by atoms with Gasteiger partial charge < -0.3 is 9.47 Å². The van der Waals surface area contributed by atoms with E-state index in [1.54, 1.807) is 30.1 Å². The van der Waals surface area contributed by atoms with E-state index in [0.29, 0.717) is 25.0 Å². The minimum absolute atomic E-state index is 0.0117. The molecule has 0 aliphatic heterocycles. The molecule has 0 aliphatic carbocycles. The largest absolute Gasteiger partial charge is 0.497 e. The van der Waals surface area contributed by atoms with Gasteiger partial charge in [-0.3, -0.25) is 9.36 Å². The van der Waals surface area contributed by atoms with E-state index >= 15 is 0 Å². The van der Waals surface area contributed by atoms with Gasteiger partial charge in [-0.05, 0) is 24.1 Å². The molecule has 6 heteroatoms. The molecule has 0 unspecified atom stereocenters. The van der Waals surface area contributed by atoms with Gasteiger partial charge in [0.15, 0.2) is 0 Å². The van der Waals surface area contributed by atoms with Crippen molar-refractivity contribution in [3.63, 3.8) is 0 Å². The van der Waals surface area contributed by atoms with Crippen LogP contribution in [0.15, 0.2) is 29.1 Å². The van der Waals surface area contributed by atoms with Crippen LogP contribution in [0.5, 0.6) is 5.75 Å². The minimum Gasteiger partial charge on any atom is -0.497 e. The van der Waals surface area contributed by atoms with E-state index in [9.17, 15) is 4.79 Å². The second-order valence-electron chi connectivity index (χ2n) is 6.00. The Morgan fingerprint density at radius 2 is 2.00 bits per heavy atom. The van der Waals surface area contributed by atoms with Gasteiger partial charge >= 0.3 is 0 Å². The molecular weight excluding hydrogens is 348 g/mol. The highest BCUT2D eigenvalue weighted by Gasteiger charge is 2.20. The van der Waals surface area contributed by atoms with Crippen molar-refractivity contribution in [2.45, 2.75) is 33.2 Å². The van der Waals surface area contributed by atoms with Crippen LogP contribution in [0.1, 0.15) is 24.5 Å². The zero-order chi connectivity index (χ0) is 18.7. The lowest BCUT2D eigenvalue weighted by Crippen LogP contribution is -2.26. The summed E-state index contributed by atoms with van der Waals surface area (Å²) in [5.41, 5.74) is 1.99. The standard InChI is InChI=1S/C20H24N2O3S/c1-5-15-17(13-8-7-9-14(12-13)25-4)18-19(26-15)21-16(6-2)22(20(18)23)10-11-24-3/h7-9,12H,5-6,10-11H2,1-4H3. The molecule has 3 rings (SSSR count). The normalized spacial score (nSPS) is 11.2. The van der Waals surface area contributed by atoms with Crippen molar-refractivity contribution < 1.29 is 9.47 Å². The van der Waals surface area contributed by atoms with Crippen LogP contribution in [0.4, 0.5) is 0 Å². The summed E-state index contributed by atoms with van der Waals surface area (Å²) in [6.45, 7) is 5.13. The number of hydrogen-bond donors (Lipinski definition) is 0. The summed E-state index contributed by atoms with van der Waals surface area (Å²) in [6.07, 6.45) is 1.56. The van der Waals surface area contributed by atoms with Gasteiger partial charge in [0, 0.05) is 24.0 Å². The van der Waals surface area contributed by atoms with Crippen LogP contribution >= 0.6 is 11.3 Å². The van der Waals surface area contributed by atoms with Crippen LogP contribution in [0.2, 0.25) is 0 Å². The summed E-state index contributed by atoms with van der Waals surface area (Å²) in [5, 5.41) is 0.702. The van der Waals surface area contributed by atoms with E-state index in [2.05, 4.69) is 6.92 Å². The van der Waals surface area contributed by atoms with Crippen LogP contribution in [-0.4, -0.2) is 30.4 Å². The first-order valence-corrected chi connectivity index (χ1v) is 9.64. The molecule has 0 bridgehead atoms. The molecular formula is C20H24N2O3S. The lowest BCUT2D eigenvalue weighted by Gasteiger charge is -2.11. The zero-order valence-electron chi connectivity index (χ0n) is 15.7. The number of aryl methyl sites for hydroxylation is 2. The Hall–Kier alpha value is -2.18. The van der Waals surface area contributed by atoms with Gasteiger partial charge in [0.05, 0.1) is 25.6 Å². The Balaban J connectivity index is 2.32. The predicted molar refractivity (Wildman–Crippen MR) is 107 cm³/mol. The average Bonchev–Trinajstić information content (AvgIpc) is 3.06. The van der Waals surface area contributed by atoms with Gasteiger partial charge in [0.25, 0.3) is 5.56 Å². The molecule has 3 aromatic rings. The number of thiophene rings is 1. The molecule has 1 aromatic carbocycles.